The van der Waals surface area contributed by atoms with Gasteiger partial charge in [-0.15, -0.1) is 0 Å². The first-order valence-electron chi connectivity index (χ1n) is 7.17. The number of anilines is 1. The molecule has 22 heavy (non-hydrogen) atoms. The molecule has 0 amide bonds. The minimum Gasteiger partial charge on any atom is -0.356 e. The van der Waals surface area contributed by atoms with Crippen molar-refractivity contribution < 1.29 is 13.2 Å². The van der Waals surface area contributed by atoms with Crippen LogP contribution in [-0.2, 0) is 6.18 Å². The van der Waals surface area contributed by atoms with Gasteiger partial charge in [-0.2, -0.15) is 23.3 Å². The SMILES string of the molecule is Cc1cc(N2CCCCC2)nc(-n2ccc(C(F)(F)F)n2)n1. The second-order valence-electron chi connectivity index (χ2n) is 5.36. The maximum Gasteiger partial charge on any atom is 0.435 e. The van der Waals surface area contributed by atoms with Crippen molar-refractivity contribution in [2.75, 3.05) is 18.0 Å². The number of nitrogens with zero attached hydrogens (tertiary/aromatic N) is 5. The third-order valence-electron chi connectivity index (χ3n) is 3.59. The van der Waals surface area contributed by atoms with E-state index in [0.717, 1.165) is 42.5 Å². The molecule has 0 radical (unpaired) electrons. The molecule has 2 aromatic heterocycles. The molecule has 5 nitrogen and oxygen atoms in total. The van der Waals surface area contributed by atoms with Crippen LogP contribution in [0.15, 0.2) is 18.3 Å². The molecule has 0 N–H and O–H groups in total. The van der Waals surface area contributed by atoms with Gasteiger partial charge in [0.15, 0.2) is 5.69 Å². The molecule has 0 bridgehead atoms. The average molecular weight is 311 g/mol. The highest BCUT2D eigenvalue weighted by Crippen LogP contribution is 2.28. The van der Waals surface area contributed by atoms with E-state index < -0.39 is 11.9 Å². The number of aryl methyl sites for hydroxylation is 1. The van der Waals surface area contributed by atoms with Gasteiger partial charge in [0.2, 0.25) is 0 Å². The summed E-state index contributed by atoms with van der Waals surface area (Å²) in [6.45, 7) is 3.61. The summed E-state index contributed by atoms with van der Waals surface area (Å²) in [4.78, 5) is 10.7. The topological polar surface area (TPSA) is 46.8 Å². The van der Waals surface area contributed by atoms with E-state index in [1.54, 1.807) is 6.92 Å². The monoisotopic (exact) mass is 311 g/mol. The first-order valence-corrected chi connectivity index (χ1v) is 7.17. The van der Waals surface area contributed by atoms with Crippen molar-refractivity contribution in [1.29, 1.82) is 0 Å². The zero-order chi connectivity index (χ0) is 15.7. The van der Waals surface area contributed by atoms with E-state index in [9.17, 15) is 13.2 Å². The van der Waals surface area contributed by atoms with Crippen LogP contribution in [0.2, 0.25) is 0 Å². The molecule has 1 aliphatic heterocycles. The molecule has 0 aliphatic carbocycles. The van der Waals surface area contributed by atoms with Crippen LogP contribution in [0.4, 0.5) is 19.0 Å². The lowest BCUT2D eigenvalue weighted by atomic mass is 10.1. The molecule has 0 unspecified atom stereocenters. The Labute approximate surface area is 125 Å². The van der Waals surface area contributed by atoms with Crippen molar-refractivity contribution in [1.82, 2.24) is 19.7 Å². The van der Waals surface area contributed by atoms with Gasteiger partial charge in [-0.05, 0) is 32.3 Å². The van der Waals surface area contributed by atoms with Gasteiger partial charge >= 0.3 is 6.18 Å². The lowest BCUT2D eigenvalue weighted by molar-refractivity contribution is -0.141. The fraction of sp³-hybridized carbons (Fsp3) is 0.500. The highest BCUT2D eigenvalue weighted by Gasteiger charge is 2.33. The summed E-state index contributed by atoms with van der Waals surface area (Å²) in [7, 11) is 0. The Kier molecular flexibility index (Phi) is 3.76. The summed E-state index contributed by atoms with van der Waals surface area (Å²) in [5.74, 6) is 0.905. The summed E-state index contributed by atoms with van der Waals surface area (Å²) in [5, 5.41) is 3.53. The van der Waals surface area contributed by atoms with E-state index >= 15 is 0 Å². The predicted octanol–water partition coefficient (Wildman–Crippen LogP) is 2.98. The van der Waals surface area contributed by atoms with Crippen LogP contribution in [0, 0.1) is 6.92 Å². The molecule has 0 atom stereocenters. The maximum absolute atomic E-state index is 12.6. The van der Waals surface area contributed by atoms with Crippen molar-refractivity contribution in [2.24, 2.45) is 0 Å². The molecule has 1 fully saturated rings. The van der Waals surface area contributed by atoms with E-state index in [-0.39, 0.29) is 5.95 Å². The minimum absolute atomic E-state index is 0.163. The molecule has 2 aromatic rings. The van der Waals surface area contributed by atoms with Crippen molar-refractivity contribution in [3.8, 4) is 5.95 Å². The van der Waals surface area contributed by atoms with E-state index in [1.165, 1.54) is 12.6 Å². The highest BCUT2D eigenvalue weighted by molar-refractivity contribution is 5.42. The van der Waals surface area contributed by atoms with Gasteiger partial charge in [0, 0.05) is 31.0 Å². The number of aromatic nitrogens is 4. The average Bonchev–Trinajstić information content (AvgIpc) is 2.97. The van der Waals surface area contributed by atoms with Gasteiger partial charge in [-0.25, -0.2) is 9.67 Å². The smallest absolute Gasteiger partial charge is 0.356 e. The quantitative estimate of drug-likeness (QED) is 0.855. The second kappa shape index (κ2) is 5.58. The Morgan fingerprint density at radius 3 is 2.45 bits per heavy atom. The molecule has 8 heteroatoms. The third kappa shape index (κ3) is 3.05. The Bertz CT molecular complexity index is 659. The van der Waals surface area contributed by atoms with Gasteiger partial charge in [0.25, 0.3) is 5.95 Å². The molecule has 0 saturated carbocycles. The first kappa shape index (κ1) is 14.8. The number of alkyl halides is 3. The van der Waals surface area contributed by atoms with Crippen molar-refractivity contribution in [3.05, 3.63) is 29.7 Å². The second-order valence-corrected chi connectivity index (χ2v) is 5.36. The number of halogens is 3. The van der Waals surface area contributed by atoms with Gasteiger partial charge in [-0.3, -0.25) is 0 Å². The van der Waals surface area contributed by atoms with E-state index in [4.69, 9.17) is 0 Å². The van der Waals surface area contributed by atoms with Crippen molar-refractivity contribution in [2.45, 2.75) is 32.4 Å². The van der Waals surface area contributed by atoms with E-state index in [1.807, 2.05) is 6.07 Å². The standard InChI is InChI=1S/C14H16F3N5/c1-10-9-12(21-6-3-2-4-7-21)19-13(18-10)22-8-5-11(20-22)14(15,16)17/h5,8-9H,2-4,6-7H2,1H3. The first-order chi connectivity index (χ1) is 10.4. The Morgan fingerprint density at radius 2 is 1.82 bits per heavy atom. The fourth-order valence-corrected chi connectivity index (χ4v) is 2.51. The number of hydrogen-bond donors (Lipinski definition) is 0. The molecule has 3 rings (SSSR count). The summed E-state index contributed by atoms with van der Waals surface area (Å²) in [6, 6.07) is 2.77. The fourth-order valence-electron chi connectivity index (χ4n) is 2.51. The molecule has 1 saturated heterocycles. The van der Waals surface area contributed by atoms with Gasteiger partial charge < -0.3 is 4.90 Å². The molecular formula is C14H16F3N5. The minimum atomic E-state index is -4.47. The van der Waals surface area contributed by atoms with Crippen molar-refractivity contribution in [3.63, 3.8) is 0 Å². The zero-order valence-corrected chi connectivity index (χ0v) is 12.1. The lowest BCUT2D eigenvalue weighted by Gasteiger charge is -2.28. The zero-order valence-electron chi connectivity index (χ0n) is 12.1. The third-order valence-corrected chi connectivity index (χ3v) is 3.59. The van der Waals surface area contributed by atoms with Crippen LogP contribution in [0.25, 0.3) is 5.95 Å². The Hall–Kier alpha value is -2.12. The highest BCUT2D eigenvalue weighted by atomic mass is 19.4. The lowest BCUT2D eigenvalue weighted by Crippen LogP contribution is -2.30. The van der Waals surface area contributed by atoms with Crippen LogP contribution in [0.5, 0.6) is 0 Å². The van der Waals surface area contributed by atoms with Crippen LogP contribution in [0.3, 0.4) is 0 Å². The van der Waals surface area contributed by atoms with E-state index in [2.05, 4.69) is 20.0 Å². The van der Waals surface area contributed by atoms with Gasteiger partial charge in [0.1, 0.15) is 5.82 Å². The summed E-state index contributed by atoms with van der Waals surface area (Å²) in [6.07, 6.45) is 0.153. The van der Waals surface area contributed by atoms with Crippen LogP contribution in [0.1, 0.15) is 30.7 Å². The summed E-state index contributed by atoms with van der Waals surface area (Å²) < 4.78 is 39.0. The number of hydrogen-bond acceptors (Lipinski definition) is 4. The van der Waals surface area contributed by atoms with Crippen LogP contribution < -0.4 is 4.90 Å². The van der Waals surface area contributed by atoms with E-state index in [0.29, 0.717) is 5.69 Å². The Balaban J connectivity index is 1.93. The van der Waals surface area contributed by atoms with Gasteiger partial charge in [-0.1, -0.05) is 0 Å². The van der Waals surface area contributed by atoms with Crippen LogP contribution in [-0.4, -0.2) is 32.8 Å². The van der Waals surface area contributed by atoms with Crippen molar-refractivity contribution >= 4 is 5.82 Å². The van der Waals surface area contributed by atoms with Crippen LogP contribution >= 0.6 is 0 Å². The molecule has 0 spiro atoms. The molecule has 1 aliphatic rings. The number of piperidine rings is 1. The summed E-state index contributed by atoms with van der Waals surface area (Å²) in [5.41, 5.74) is -0.244. The molecule has 3 heterocycles. The summed E-state index contributed by atoms with van der Waals surface area (Å²) >= 11 is 0. The Morgan fingerprint density at radius 1 is 1.09 bits per heavy atom. The van der Waals surface area contributed by atoms with Gasteiger partial charge in [0.05, 0.1) is 0 Å². The number of rotatable bonds is 2. The molecule has 118 valence electrons. The normalized spacial score (nSPS) is 16.1. The maximum atomic E-state index is 12.6. The molecule has 0 aromatic carbocycles. The predicted molar refractivity (Wildman–Crippen MR) is 75.0 cm³/mol. The largest absolute Gasteiger partial charge is 0.435 e. The molecular weight excluding hydrogens is 295 g/mol.